The molecule has 1 aromatic carbocycles. The Hall–Kier alpha value is -2.37. The van der Waals surface area contributed by atoms with E-state index in [-0.39, 0.29) is 15.5 Å². The van der Waals surface area contributed by atoms with Gasteiger partial charge in [-0.3, -0.25) is 9.52 Å². The Morgan fingerprint density at radius 3 is 2.64 bits per heavy atom. The molecule has 0 saturated carbocycles. The molecule has 1 heterocycles. The third kappa shape index (κ3) is 3.38. The van der Waals surface area contributed by atoms with E-state index in [0.717, 1.165) is 29.7 Å². The fourth-order valence-electron chi connectivity index (χ4n) is 2.97. The number of benzene rings is 1. The molecule has 1 aliphatic rings. The van der Waals surface area contributed by atoms with E-state index < -0.39 is 15.9 Å². The van der Waals surface area contributed by atoms with Crippen molar-refractivity contribution in [1.82, 2.24) is 0 Å². The minimum Gasteiger partial charge on any atom is -0.365 e. The van der Waals surface area contributed by atoms with Crippen LogP contribution in [0.3, 0.4) is 0 Å². The molecule has 3 rings (SSSR count). The smallest absolute Gasteiger partial charge is 0.262 e. The van der Waals surface area contributed by atoms with Gasteiger partial charge in [-0.2, -0.15) is 5.26 Å². The lowest BCUT2D eigenvalue weighted by Crippen LogP contribution is -2.19. The summed E-state index contributed by atoms with van der Waals surface area (Å²) in [4.78, 5) is 12.9. The van der Waals surface area contributed by atoms with E-state index in [0.29, 0.717) is 11.5 Å². The van der Waals surface area contributed by atoms with E-state index in [4.69, 9.17) is 11.0 Å². The zero-order valence-electron chi connectivity index (χ0n) is 13.6. The van der Waals surface area contributed by atoms with Gasteiger partial charge in [0, 0.05) is 4.88 Å². The molecule has 3 N–H and O–H groups in total. The molecule has 1 aliphatic carbocycles. The predicted molar refractivity (Wildman–Crippen MR) is 96.0 cm³/mol. The van der Waals surface area contributed by atoms with Crippen molar-refractivity contribution < 1.29 is 13.2 Å². The Morgan fingerprint density at radius 1 is 1.36 bits per heavy atom. The van der Waals surface area contributed by atoms with Crippen LogP contribution < -0.4 is 10.5 Å². The zero-order chi connectivity index (χ0) is 18.2. The number of nitriles is 1. The summed E-state index contributed by atoms with van der Waals surface area (Å²) in [6.07, 6.45) is 2.49. The molecule has 0 aliphatic heterocycles. The van der Waals surface area contributed by atoms with Gasteiger partial charge in [-0.25, -0.2) is 8.42 Å². The van der Waals surface area contributed by atoms with E-state index in [2.05, 4.69) is 11.6 Å². The number of carbonyl (C=O) groups is 1. The molecule has 1 atom stereocenters. The third-order valence-electron chi connectivity index (χ3n) is 4.28. The maximum Gasteiger partial charge on any atom is 0.262 e. The highest BCUT2D eigenvalue weighted by molar-refractivity contribution is 7.93. The molecular weight excluding hydrogens is 358 g/mol. The molecule has 2 aromatic rings. The number of fused-ring (bicyclic) bond motifs is 1. The molecule has 25 heavy (non-hydrogen) atoms. The van der Waals surface area contributed by atoms with Crippen LogP contribution in [0.5, 0.6) is 0 Å². The second-order valence-electron chi connectivity index (χ2n) is 6.16. The summed E-state index contributed by atoms with van der Waals surface area (Å²) in [5.74, 6) is -0.126. The minimum atomic E-state index is -3.86. The normalized spacial score (nSPS) is 16.7. The highest BCUT2D eigenvalue weighted by Crippen LogP contribution is 2.40. The number of anilines is 1. The van der Waals surface area contributed by atoms with Crippen LogP contribution in [0.4, 0.5) is 5.00 Å². The van der Waals surface area contributed by atoms with Crippen LogP contribution in [-0.2, 0) is 22.9 Å². The van der Waals surface area contributed by atoms with Crippen molar-refractivity contribution in [2.45, 2.75) is 31.1 Å². The number of nitrogens with zero attached hydrogens (tertiary/aromatic N) is 1. The van der Waals surface area contributed by atoms with E-state index >= 15 is 0 Å². The molecule has 0 radical (unpaired) electrons. The summed E-state index contributed by atoms with van der Waals surface area (Å²) in [5, 5.41) is 9.09. The Kier molecular flexibility index (Phi) is 4.54. The van der Waals surface area contributed by atoms with Crippen molar-refractivity contribution in [1.29, 1.82) is 5.26 Å². The van der Waals surface area contributed by atoms with Crippen LogP contribution in [0.2, 0.25) is 0 Å². The number of rotatable bonds is 4. The van der Waals surface area contributed by atoms with E-state index in [1.165, 1.54) is 35.6 Å². The Morgan fingerprint density at radius 2 is 2.04 bits per heavy atom. The molecular formula is C17H17N3O3S2. The minimum absolute atomic E-state index is 0.0293. The number of nitrogens with two attached hydrogens (primary N) is 1. The fraction of sp³-hybridized carbons (Fsp3) is 0.294. The lowest BCUT2D eigenvalue weighted by Gasteiger charge is -2.18. The number of sulfonamides is 1. The first-order valence-electron chi connectivity index (χ1n) is 7.79. The number of primary amides is 1. The summed E-state index contributed by atoms with van der Waals surface area (Å²) >= 11 is 1.28. The zero-order valence-corrected chi connectivity index (χ0v) is 15.2. The monoisotopic (exact) mass is 375 g/mol. The van der Waals surface area contributed by atoms with Gasteiger partial charge in [-0.15, -0.1) is 11.3 Å². The van der Waals surface area contributed by atoms with Gasteiger partial charge in [0.1, 0.15) is 5.00 Å². The summed E-state index contributed by atoms with van der Waals surface area (Å²) in [6, 6.07) is 7.54. The number of thiophene rings is 1. The molecule has 1 amide bonds. The second-order valence-corrected chi connectivity index (χ2v) is 8.95. The topological polar surface area (TPSA) is 113 Å². The fourth-order valence-corrected chi connectivity index (χ4v) is 5.69. The number of carbonyl (C=O) groups excluding carboxylic acids is 1. The van der Waals surface area contributed by atoms with Gasteiger partial charge in [0.25, 0.3) is 15.9 Å². The maximum atomic E-state index is 12.6. The SMILES string of the molecule is C[C@H]1CCc2c(sc(NS(=O)(=O)c3ccc(C#N)cc3)c2C(N)=O)C1. The number of hydrogen-bond acceptors (Lipinski definition) is 5. The highest BCUT2D eigenvalue weighted by atomic mass is 32.2. The third-order valence-corrected chi connectivity index (χ3v) is 6.94. The molecule has 0 bridgehead atoms. The van der Waals surface area contributed by atoms with E-state index in [1.54, 1.807) is 0 Å². The van der Waals surface area contributed by atoms with Crippen molar-refractivity contribution in [3.63, 3.8) is 0 Å². The van der Waals surface area contributed by atoms with Crippen LogP contribution in [0.25, 0.3) is 0 Å². The van der Waals surface area contributed by atoms with Gasteiger partial charge in [-0.05, 0) is 55.0 Å². The van der Waals surface area contributed by atoms with Crippen LogP contribution >= 0.6 is 11.3 Å². The van der Waals surface area contributed by atoms with Crippen molar-refractivity contribution in [2.75, 3.05) is 4.72 Å². The van der Waals surface area contributed by atoms with Crippen molar-refractivity contribution >= 4 is 32.3 Å². The first-order chi connectivity index (χ1) is 11.8. The standard InChI is InChI=1S/C17H17N3O3S2/c1-10-2-7-13-14(8-10)24-17(15(13)16(19)21)20-25(22,23)12-5-3-11(9-18)4-6-12/h3-6,10,20H,2,7-8H2,1H3,(H2,19,21)/t10-/m0/s1. The lowest BCUT2D eigenvalue weighted by molar-refractivity contribution is 0.100. The Balaban J connectivity index is 1.99. The van der Waals surface area contributed by atoms with Crippen LogP contribution in [0.15, 0.2) is 29.2 Å². The van der Waals surface area contributed by atoms with E-state index in [1.807, 2.05) is 6.07 Å². The Bertz CT molecular complexity index is 970. The first-order valence-corrected chi connectivity index (χ1v) is 10.1. The summed E-state index contributed by atoms with van der Waals surface area (Å²) in [5.41, 5.74) is 7.03. The molecule has 8 heteroatoms. The van der Waals surface area contributed by atoms with Gasteiger partial charge < -0.3 is 5.73 Å². The van der Waals surface area contributed by atoms with Crippen molar-refractivity contribution in [3.8, 4) is 6.07 Å². The highest BCUT2D eigenvalue weighted by Gasteiger charge is 2.28. The average Bonchev–Trinajstić information content (AvgIpc) is 2.91. The molecule has 0 fully saturated rings. The number of nitrogens with one attached hydrogen (secondary N) is 1. The van der Waals surface area contributed by atoms with Crippen LogP contribution in [0.1, 0.15) is 39.7 Å². The Labute approximate surface area is 150 Å². The average molecular weight is 375 g/mol. The maximum absolute atomic E-state index is 12.6. The summed E-state index contributed by atoms with van der Waals surface area (Å²) < 4.78 is 27.7. The lowest BCUT2D eigenvalue weighted by atomic mass is 9.88. The number of amides is 1. The van der Waals surface area contributed by atoms with Crippen LogP contribution in [-0.4, -0.2) is 14.3 Å². The van der Waals surface area contributed by atoms with Gasteiger partial charge in [-0.1, -0.05) is 6.92 Å². The van der Waals surface area contributed by atoms with Crippen LogP contribution in [0, 0.1) is 17.2 Å². The summed E-state index contributed by atoms with van der Waals surface area (Å²) in [6.45, 7) is 2.13. The molecule has 0 spiro atoms. The van der Waals surface area contributed by atoms with Gasteiger partial charge in [0.05, 0.1) is 22.1 Å². The largest absolute Gasteiger partial charge is 0.365 e. The van der Waals surface area contributed by atoms with Gasteiger partial charge in [0.15, 0.2) is 0 Å². The van der Waals surface area contributed by atoms with E-state index in [9.17, 15) is 13.2 Å². The quantitative estimate of drug-likeness (QED) is 0.855. The molecule has 1 aromatic heterocycles. The predicted octanol–water partition coefficient (Wildman–Crippen LogP) is 2.64. The van der Waals surface area contributed by atoms with Gasteiger partial charge >= 0.3 is 0 Å². The second kappa shape index (κ2) is 6.50. The van der Waals surface area contributed by atoms with Crippen molar-refractivity contribution in [3.05, 3.63) is 45.8 Å². The van der Waals surface area contributed by atoms with Crippen molar-refractivity contribution in [2.24, 2.45) is 11.7 Å². The summed E-state index contributed by atoms with van der Waals surface area (Å²) in [7, 11) is -3.86. The molecule has 0 saturated heterocycles. The molecule has 6 nitrogen and oxygen atoms in total. The first kappa shape index (κ1) is 17.5. The molecule has 130 valence electrons. The molecule has 0 unspecified atom stereocenters. The number of hydrogen-bond donors (Lipinski definition) is 2. The van der Waals surface area contributed by atoms with Gasteiger partial charge in [0.2, 0.25) is 0 Å².